The number of aliphatic carboxylic acids is 1. The van der Waals surface area contributed by atoms with Gasteiger partial charge in [0.15, 0.2) is 5.96 Å². The molecule has 0 aliphatic rings. The monoisotopic (exact) mass is 686 g/mol. The molecule has 264 valence electrons. The van der Waals surface area contributed by atoms with Gasteiger partial charge in [-0.05, 0) is 66.3 Å². The Morgan fingerprint density at radius 2 is 1.24 bits per heavy atom. The second-order valence-corrected chi connectivity index (χ2v) is 11.9. The number of carboxylic acids is 1. The molecule has 1 aromatic heterocycles. The number of hydrogen-bond acceptors (Lipinski definition) is 8. The summed E-state index contributed by atoms with van der Waals surface area (Å²) in [6.07, 6.45) is 2.12. The Morgan fingerprint density at radius 1 is 0.720 bits per heavy atom. The summed E-state index contributed by atoms with van der Waals surface area (Å²) in [6.45, 7) is 0.150. The number of nitrogens with zero attached hydrogens (tertiary/aromatic N) is 1. The molecule has 4 rings (SSSR count). The number of para-hydroxylation sites is 1. The number of hydrogen-bond donors (Lipinski definition) is 10. The average Bonchev–Trinajstić information content (AvgIpc) is 3.49. The highest BCUT2D eigenvalue weighted by molar-refractivity contribution is 5.94. The predicted molar refractivity (Wildman–Crippen MR) is 187 cm³/mol. The summed E-state index contributed by atoms with van der Waals surface area (Å²) >= 11 is 0. The Bertz CT molecular complexity index is 1800. The Hall–Kier alpha value is -6.09. The van der Waals surface area contributed by atoms with E-state index in [0.717, 1.165) is 16.5 Å². The van der Waals surface area contributed by atoms with Gasteiger partial charge in [0.1, 0.15) is 29.6 Å². The number of H-pyrrole nitrogens is 1. The molecule has 0 fully saturated rings. The molecule has 1 heterocycles. The second kappa shape index (κ2) is 17.3. The smallest absolute Gasteiger partial charge is 0.326 e. The number of nitrogens with two attached hydrogens (primary N) is 3. The zero-order chi connectivity index (χ0) is 36.2. The number of phenols is 2. The second-order valence-electron chi connectivity index (χ2n) is 11.9. The van der Waals surface area contributed by atoms with E-state index in [1.165, 1.54) is 24.3 Å². The normalized spacial score (nSPS) is 13.4. The van der Waals surface area contributed by atoms with Crippen LogP contribution in [0.5, 0.6) is 11.5 Å². The number of rotatable bonds is 17. The number of aromatic hydroxyl groups is 2. The molecule has 15 heteroatoms. The van der Waals surface area contributed by atoms with Gasteiger partial charge in [0, 0.05) is 36.5 Å². The van der Waals surface area contributed by atoms with Crippen LogP contribution < -0.4 is 33.2 Å². The van der Waals surface area contributed by atoms with E-state index in [4.69, 9.17) is 17.2 Å². The van der Waals surface area contributed by atoms with Gasteiger partial charge in [-0.1, -0.05) is 42.5 Å². The lowest BCUT2D eigenvalue weighted by Crippen LogP contribution is -2.58. The number of aromatic amines is 1. The van der Waals surface area contributed by atoms with Crippen molar-refractivity contribution < 1.29 is 34.5 Å². The lowest BCUT2D eigenvalue weighted by molar-refractivity contribution is -0.142. The lowest BCUT2D eigenvalue weighted by atomic mass is 10.0. The molecule has 0 saturated heterocycles. The van der Waals surface area contributed by atoms with Crippen molar-refractivity contribution in [2.75, 3.05) is 6.54 Å². The van der Waals surface area contributed by atoms with E-state index in [9.17, 15) is 34.5 Å². The van der Waals surface area contributed by atoms with E-state index in [1.54, 1.807) is 30.5 Å². The maximum atomic E-state index is 13.9. The molecule has 0 aliphatic heterocycles. The minimum Gasteiger partial charge on any atom is -0.508 e. The van der Waals surface area contributed by atoms with Crippen LogP contribution in [0.1, 0.15) is 29.5 Å². The highest BCUT2D eigenvalue weighted by atomic mass is 16.4. The summed E-state index contributed by atoms with van der Waals surface area (Å²) < 4.78 is 0. The molecule has 15 nitrogen and oxygen atoms in total. The largest absolute Gasteiger partial charge is 0.508 e. The number of nitrogens with one attached hydrogen (secondary N) is 4. The first kappa shape index (κ1) is 36.7. The van der Waals surface area contributed by atoms with Gasteiger partial charge in [0.05, 0.1) is 6.04 Å². The number of amides is 3. The lowest BCUT2D eigenvalue weighted by Gasteiger charge is -2.25. The molecule has 3 amide bonds. The number of aromatic nitrogens is 1. The van der Waals surface area contributed by atoms with Gasteiger partial charge >= 0.3 is 5.97 Å². The van der Waals surface area contributed by atoms with Gasteiger partial charge in [0.25, 0.3) is 0 Å². The standard InChI is InChI=1S/C35H42N8O7/c36-26(18-22-19-40-27-5-2-1-4-25(22)27)31(46)42-29(16-20-7-11-23(44)12-8-20)33(48)43-30(17-21-9-13-24(45)14-10-21)32(47)41-28(34(49)50)6-3-15-39-35(37)38/h1-2,4-5,7-14,19,26,28-30,40,44-45H,3,6,15-18,36H2,(H,41,47)(H,42,46)(H,43,48)(H,49,50)(H4,37,38,39). The van der Waals surface area contributed by atoms with Crippen molar-refractivity contribution in [3.63, 3.8) is 0 Å². The van der Waals surface area contributed by atoms with Gasteiger partial charge in [0.2, 0.25) is 17.7 Å². The van der Waals surface area contributed by atoms with Crippen LogP contribution >= 0.6 is 0 Å². The van der Waals surface area contributed by atoms with Crippen LogP contribution in [0.4, 0.5) is 0 Å². The van der Waals surface area contributed by atoms with Crippen LogP contribution in [-0.2, 0) is 38.4 Å². The Balaban J connectivity index is 1.55. The highest BCUT2D eigenvalue weighted by Crippen LogP contribution is 2.19. The van der Waals surface area contributed by atoms with Crippen molar-refractivity contribution in [3.05, 3.63) is 95.7 Å². The first-order chi connectivity index (χ1) is 23.9. The molecular weight excluding hydrogens is 644 g/mol. The molecule has 4 aromatic rings. The molecule has 0 radical (unpaired) electrons. The quantitative estimate of drug-likeness (QED) is 0.0418. The zero-order valence-electron chi connectivity index (χ0n) is 27.2. The van der Waals surface area contributed by atoms with Crippen LogP contribution in [0, 0.1) is 0 Å². The zero-order valence-corrected chi connectivity index (χ0v) is 27.2. The molecule has 4 unspecified atom stereocenters. The van der Waals surface area contributed by atoms with E-state index in [-0.39, 0.29) is 56.1 Å². The number of carboxylic acid groups (broad SMARTS) is 1. The first-order valence-electron chi connectivity index (χ1n) is 15.9. The Kier molecular flexibility index (Phi) is 12.7. The van der Waals surface area contributed by atoms with Crippen molar-refractivity contribution in [3.8, 4) is 11.5 Å². The first-order valence-corrected chi connectivity index (χ1v) is 15.9. The summed E-state index contributed by atoms with van der Waals surface area (Å²) in [4.78, 5) is 59.9. The van der Waals surface area contributed by atoms with Crippen LogP contribution in [0.2, 0.25) is 0 Å². The van der Waals surface area contributed by atoms with Crippen molar-refractivity contribution in [2.45, 2.75) is 56.3 Å². The Morgan fingerprint density at radius 3 is 1.78 bits per heavy atom. The molecule has 0 bridgehead atoms. The molecule has 4 atom stereocenters. The summed E-state index contributed by atoms with van der Waals surface area (Å²) in [5.74, 6) is -3.57. The number of fused-ring (bicyclic) bond motifs is 1. The van der Waals surface area contributed by atoms with Crippen molar-refractivity contribution >= 4 is 40.6 Å². The number of benzene rings is 3. The van der Waals surface area contributed by atoms with E-state index in [2.05, 4.69) is 25.9 Å². The molecule has 0 aliphatic carbocycles. The fraction of sp³-hybridized carbons (Fsp3) is 0.286. The Labute approximate surface area is 288 Å². The van der Waals surface area contributed by atoms with Gasteiger partial charge in [-0.25, -0.2) is 4.79 Å². The fourth-order valence-electron chi connectivity index (χ4n) is 5.37. The van der Waals surface area contributed by atoms with Gasteiger partial charge in [-0.3, -0.25) is 19.4 Å². The van der Waals surface area contributed by atoms with Gasteiger partial charge in [-0.15, -0.1) is 0 Å². The van der Waals surface area contributed by atoms with Crippen molar-refractivity contribution in [2.24, 2.45) is 22.2 Å². The molecular formula is C35H42N8O7. The van der Waals surface area contributed by atoms with Crippen molar-refractivity contribution in [1.82, 2.24) is 20.9 Å². The predicted octanol–water partition coefficient (Wildman–Crippen LogP) is 0.527. The van der Waals surface area contributed by atoms with Crippen LogP contribution in [0.3, 0.4) is 0 Å². The maximum absolute atomic E-state index is 13.9. The summed E-state index contributed by atoms with van der Waals surface area (Å²) in [5.41, 5.74) is 19.9. The SMILES string of the molecule is NC(N)=NCCCC(NC(=O)C(Cc1ccc(O)cc1)NC(=O)C(Cc1ccc(O)cc1)NC(=O)C(N)Cc1c[nH]c2ccccc12)C(=O)O. The summed E-state index contributed by atoms with van der Waals surface area (Å²) in [7, 11) is 0. The minimum absolute atomic E-state index is 0.00554. The molecule has 13 N–H and O–H groups in total. The van der Waals surface area contributed by atoms with E-state index < -0.39 is 47.9 Å². The summed E-state index contributed by atoms with van der Waals surface area (Å²) in [5, 5.41) is 38.1. The number of guanidine groups is 1. The number of carbonyl (C=O) groups excluding carboxylic acids is 3. The van der Waals surface area contributed by atoms with Crippen LogP contribution in [0.25, 0.3) is 10.9 Å². The molecule has 0 spiro atoms. The molecule has 3 aromatic carbocycles. The van der Waals surface area contributed by atoms with E-state index in [1.807, 2.05) is 24.3 Å². The number of carbonyl (C=O) groups is 4. The van der Waals surface area contributed by atoms with Crippen molar-refractivity contribution in [1.29, 1.82) is 0 Å². The highest BCUT2D eigenvalue weighted by Gasteiger charge is 2.31. The fourth-order valence-corrected chi connectivity index (χ4v) is 5.37. The topological polar surface area (TPSA) is 271 Å². The van der Waals surface area contributed by atoms with E-state index >= 15 is 0 Å². The number of aliphatic imine (C=N–C) groups is 1. The number of phenolic OH excluding ortho intramolecular Hbond substituents is 2. The van der Waals surface area contributed by atoms with Crippen LogP contribution in [0.15, 0.2) is 84.0 Å². The van der Waals surface area contributed by atoms with E-state index in [0.29, 0.717) is 11.1 Å². The minimum atomic E-state index is -1.31. The van der Waals surface area contributed by atoms with Crippen LogP contribution in [-0.4, -0.2) is 80.7 Å². The molecule has 50 heavy (non-hydrogen) atoms. The third kappa shape index (κ3) is 10.7. The van der Waals surface area contributed by atoms with Gasteiger partial charge < -0.3 is 53.5 Å². The maximum Gasteiger partial charge on any atom is 0.326 e. The average molecular weight is 687 g/mol. The third-order valence-electron chi connectivity index (χ3n) is 8.03. The summed E-state index contributed by atoms with van der Waals surface area (Å²) in [6, 6.07) is 14.7. The van der Waals surface area contributed by atoms with Gasteiger partial charge in [-0.2, -0.15) is 0 Å². The third-order valence-corrected chi connectivity index (χ3v) is 8.03. The molecule has 0 saturated carbocycles.